The first kappa shape index (κ1) is 18.8. The van der Waals surface area contributed by atoms with E-state index < -0.39 is 26.1 Å². The molecular formula is C18H20N2O4S2. The van der Waals surface area contributed by atoms with Crippen LogP contribution in [0.15, 0.2) is 58.3 Å². The molecular weight excluding hydrogens is 372 g/mol. The maximum absolute atomic E-state index is 12.7. The molecule has 1 unspecified atom stereocenters. The number of aryl methyl sites for hydroxylation is 1. The molecule has 3 rings (SSSR count). The van der Waals surface area contributed by atoms with Crippen molar-refractivity contribution < 1.29 is 16.8 Å². The molecule has 1 aliphatic carbocycles. The van der Waals surface area contributed by atoms with Gasteiger partial charge in [0.15, 0.2) is 0 Å². The molecule has 0 aliphatic heterocycles. The number of rotatable bonds is 5. The Hall–Kier alpha value is -2.00. The summed E-state index contributed by atoms with van der Waals surface area (Å²) < 4.78 is 50.7. The van der Waals surface area contributed by atoms with E-state index in [2.05, 4.69) is 4.72 Å². The highest BCUT2D eigenvalue weighted by Gasteiger charge is 2.24. The van der Waals surface area contributed by atoms with Crippen molar-refractivity contribution in [1.82, 2.24) is 4.72 Å². The molecule has 138 valence electrons. The Balaban J connectivity index is 1.80. The molecule has 2 aromatic rings. The highest BCUT2D eigenvalue weighted by Crippen LogP contribution is 2.27. The van der Waals surface area contributed by atoms with Gasteiger partial charge < -0.3 is 0 Å². The van der Waals surface area contributed by atoms with Crippen LogP contribution in [0.25, 0.3) is 6.08 Å². The molecule has 0 fully saturated rings. The van der Waals surface area contributed by atoms with Crippen LogP contribution in [0.1, 0.15) is 36.1 Å². The minimum absolute atomic E-state index is 0.0112. The van der Waals surface area contributed by atoms with Crippen molar-refractivity contribution in [2.24, 2.45) is 5.14 Å². The molecule has 0 bridgehead atoms. The van der Waals surface area contributed by atoms with Crippen LogP contribution in [-0.2, 0) is 26.5 Å². The summed E-state index contributed by atoms with van der Waals surface area (Å²) in [5.74, 6) is 0. The van der Waals surface area contributed by atoms with Crippen molar-refractivity contribution in [1.29, 1.82) is 0 Å². The van der Waals surface area contributed by atoms with Gasteiger partial charge in [-0.1, -0.05) is 36.4 Å². The summed E-state index contributed by atoms with van der Waals surface area (Å²) >= 11 is 0. The van der Waals surface area contributed by atoms with E-state index in [9.17, 15) is 16.8 Å². The molecule has 0 aromatic heterocycles. The molecule has 0 heterocycles. The van der Waals surface area contributed by atoms with Crippen molar-refractivity contribution >= 4 is 26.1 Å². The molecule has 0 saturated heterocycles. The number of sulfonamides is 2. The quantitative estimate of drug-likeness (QED) is 0.814. The molecule has 0 saturated carbocycles. The van der Waals surface area contributed by atoms with Crippen molar-refractivity contribution in [2.75, 3.05) is 0 Å². The van der Waals surface area contributed by atoms with Gasteiger partial charge in [-0.2, -0.15) is 0 Å². The topological polar surface area (TPSA) is 106 Å². The monoisotopic (exact) mass is 392 g/mol. The number of benzene rings is 2. The van der Waals surface area contributed by atoms with E-state index in [1.807, 2.05) is 24.3 Å². The highest BCUT2D eigenvalue weighted by molar-refractivity contribution is 7.93. The molecule has 1 aliphatic rings. The summed E-state index contributed by atoms with van der Waals surface area (Å²) in [6, 6.07) is 13.1. The minimum atomic E-state index is -3.77. The van der Waals surface area contributed by atoms with Gasteiger partial charge in [-0.3, -0.25) is 0 Å². The van der Waals surface area contributed by atoms with Gasteiger partial charge in [0.2, 0.25) is 20.0 Å². The summed E-state index contributed by atoms with van der Waals surface area (Å²) in [6.45, 7) is 1.71. The standard InChI is InChI=1S/C18H20N2O4S2/c1-13(14-6-9-17(10-7-14)25(19,21)22)20-26(23,24)18-11-8-15-4-2-3-5-16(15)12-18/h2-7,9-10,12-13,20H,8,11H2,1H3,(H2,19,21,22). The summed E-state index contributed by atoms with van der Waals surface area (Å²) in [5.41, 5.74) is 2.71. The molecule has 2 aromatic carbocycles. The summed E-state index contributed by atoms with van der Waals surface area (Å²) in [5, 5.41) is 5.07. The second-order valence-corrected chi connectivity index (χ2v) is 9.59. The van der Waals surface area contributed by atoms with E-state index >= 15 is 0 Å². The lowest BCUT2D eigenvalue weighted by atomic mass is 9.98. The van der Waals surface area contributed by atoms with Gasteiger partial charge in [-0.05, 0) is 54.7 Å². The molecule has 6 nitrogen and oxygen atoms in total. The van der Waals surface area contributed by atoms with Crippen LogP contribution < -0.4 is 9.86 Å². The Morgan fingerprint density at radius 2 is 1.62 bits per heavy atom. The Morgan fingerprint density at radius 1 is 0.962 bits per heavy atom. The number of nitrogens with one attached hydrogen (secondary N) is 1. The predicted molar refractivity (Wildman–Crippen MR) is 101 cm³/mol. The first-order valence-electron chi connectivity index (χ1n) is 8.10. The van der Waals surface area contributed by atoms with Crippen LogP contribution >= 0.6 is 0 Å². The molecule has 1 atom stereocenters. The van der Waals surface area contributed by atoms with Gasteiger partial charge >= 0.3 is 0 Å². The van der Waals surface area contributed by atoms with E-state index in [-0.39, 0.29) is 4.90 Å². The average molecular weight is 393 g/mol. The lowest BCUT2D eigenvalue weighted by Gasteiger charge is -2.20. The number of hydrogen-bond acceptors (Lipinski definition) is 4. The Labute approximate surface area is 153 Å². The fourth-order valence-electron chi connectivity index (χ4n) is 2.94. The van der Waals surface area contributed by atoms with E-state index in [0.717, 1.165) is 11.1 Å². The zero-order valence-corrected chi connectivity index (χ0v) is 15.8. The number of primary sulfonamides is 1. The Kier molecular flexibility index (Phi) is 5.03. The van der Waals surface area contributed by atoms with Crippen molar-refractivity contribution in [2.45, 2.75) is 30.7 Å². The molecule has 8 heteroatoms. The molecule has 0 radical (unpaired) electrons. The third-order valence-electron chi connectivity index (χ3n) is 4.40. The van der Waals surface area contributed by atoms with Crippen molar-refractivity contribution in [3.63, 3.8) is 0 Å². The smallest absolute Gasteiger partial charge is 0.225 e. The minimum Gasteiger partial charge on any atom is -0.225 e. The van der Waals surface area contributed by atoms with Crippen LogP contribution in [0, 0.1) is 0 Å². The SMILES string of the molecule is CC(NS(=O)(=O)C1=Cc2ccccc2CC1)c1ccc(S(N)(=O)=O)cc1. The maximum atomic E-state index is 12.7. The largest absolute Gasteiger partial charge is 0.238 e. The molecule has 26 heavy (non-hydrogen) atoms. The van der Waals surface area contributed by atoms with Gasteiger partial charge in [-0.25, -0.2) is 26.7 Å². The van der Waals surface area contributed by atoms with Gasteiger partial charge in [0.1, 0.15) is 0 Å². The third-order valence-corrected chi connectivity index (χ3v) is 7.00. The second-order valence-electron chi connectivity index (χ2n) is 6.27. The van der Waals surface area contributed by atoms with Crippen molar-refractivity contribution in [3.05, 3.63) is 70.1 Å². The normalized spacial score (nSPS) is 15.8. The van der Waals surface area contributed by atoms with Crippen LogP contribution in [-0.4, -0.2) is 16.8 Å². The zero-order chi connectivity index (χ0) is 18.9. The van der Waals surface area contributed by atoms with Crippen LogP contribution in [0.2, 0.25) is 0 Å². The predicted octanol–water partition coefficient (Wildman–Crippen LogP) is 2.30. The van der Waals surface area contributed by atoms with Gasteiger partial charge in [0, 0.05) is 6.04 Å². The van der Waals surface area contributed by atoms with Crippen LogP contribution in [0.5, 0.6) is 0 Å². The number of nitrogens with two attached hydrogens (primary N) is 1. The fraction of sp³-hybridized carbons (Fsp3) is 0.222. The third kappa shape index (κ3) is 4.04. The van der Waals surface area contributed by atoms with E-state index in [0.29, 0.717) is 23.3 Å². The lowest BCUT2D eigenvalue weighted by Crippen LogP contribution is -2.29. The Morgan fingerprint density at radius 3 is 2.27 bits per heavy atom. The molecule has 0 spiro atoms. The highest BCUT2D eigenvalue weighted by atomic mass is 32.2. The summed E-state index contributed by atoms with van der Waals surface area (Å²) in [4.78, 5) is 0.340. The summed E-state index contributed by atoms with van der Waals surface area (Å²) in [6.07, 6.45) is 2.84. The molecule has 3 N–H and O–H groups in total. The lowest BCUT2D eigenvalue weighted by molar-refractivity contribution is 0.571. The fourth-order valence-corrected chi connectivity index (χ4v) is 4.86. The first-order valence-corrected chi connectivity index (χ1v) is 11.1. The number of fused-ring (bicyclic) bond motifs is 1. The van der Waals surface area contributed by atoms with E-state index in [1.54, 1.807) is 25.1 Å². The number of allylic oxidation sites excluding steroid dienone is 1. The van der Waals surface area contributed by atoms with Gasteiger partial charge in [-0.15, -0.1) is 0 Å². The van der Waals surface area contributed by atoms with Gasteiger partial charge in [0.25, 0.3) is 0 Å². The van der Waals surface area contributed by atoms with E-state index in [1.165, 1.54) is 12.1 Å². The zero-order valence-electron chi connectivity index (χ0n) is 14.2. The number of hydrogen-bond donors (Lipinski definition) is 2. The first-order chi connectivity index (χ1) is 12.2. The molecule has 0 amide bonds. The van der Waals surface area contributed by atoms with Gasteiger partial charge in [0.05, 0.1) is 9.80 Å². The second kappa shape index (κ2) is 6.96. The Bertz CT molecular complexity index is 1060. The van der Waals surface area contributed by atoms with E-state index in [4.69, 9.17) is 5.14 Å². The summed E-state index contributed by atoms with van der Waals surface area (Å²) in [7, 11) is -7.42. The average Bonchev–Trinajstić information content (AvgIpc) is 2.60. The maximum Gasteiger partial charge on any atom is 0.238 e. The van der Waals surface area contributed by atoms with Crippen molar-refractivity contribution in [3.8, 4) is 0 Å². The van der Waals surface area contributed by atoms with Crippen LogP contribution in [0.4, 0.5) is 0 Å². The van der Waals surface area contributed by atoms with Crippen LogP contribution in [0.3, 0.4) is 0 Å².